The van der Waals surface area contributed by atoms with Crippen LogP contribution in [0.5, 0.6) is 5.75 Å². The zero-order valence-electron chi connectivity index (χ0n) is 12.3. The van der Waals surface area contributed by atoms with Gasteiger partial charge in [-0.3, -0.25) is 4.72 Å². The number of anilines is 1. The highest BCUT2D eigenvalue weighted by molar-refractivity contribution is 7.92. The molecule has 0 aromatic heterocycles. The summed E-state index contributed by atoms with van der Waals surface area (Å²) in [5.41, 5.74) is -1.99. The lowest BCUT2D eigenvalue weighted by atomic mass is 10.2. The number of ether oxygens (including phenoxy) is 1. The second-order valence-electron chi connectivity index (χ2n) is 4.65. The van der Waals surface area contributed by atoms with E-state index < -0.39 is 61.9 Å². The Morgan fingerprint density at radius 1 is 1.00 bits per heavy atom. The van der Waals surface area contributed by atoms with Gasteiger partial charge in [0.25, 0.3) is 10.0 Å². The first-order valence-corrected chi connectivity index (χ1v) is 7.89. The third-order valence-electron chi connectivity index (χ3n) is 3.12. The normalized spacial score (nSPS) is 11.5. The van der Waals surface area contributed by atoms with Gasteiger partial charge in [-0.15, -0.1) is 0 Å². The standard InChI is InChI=1S/C14H9F6NO3S/c1-24-9-3-2-6(4-8(9)16)21-25(22,23)14-7(5-15)10(17)11(18)12(19)13(14)20/h2-4,21H,5H2,1H3. The molecule has 0 atom stereocenters. The van der Waals surface area contributed by atoms with Crippen molar-refractivity contribution in [3.63, 3.8) is 0 Å². The maximum atomic E-state index is 13.8. The molecule has 4 nitrogen and oxygen atoms in total. The lowest BCUT2D eigenvalue weighted by Gasteiger charge is -2.14. The van der Waals surface area contributed by atoms with E-state index in [1.165, 1.54) is 0 Å². The van der Waals surface area contributed by atoms with E-state index in [1.807, 2.05) is 0 Å². The maximum absolute atomic E-state index is 13.8. The Kier molecular flexibility index (Phi) is 5.16. The Morgan fingerprint density at radius 3 is 2.12 bits per heavy atom. The van der Waals surface area contributed by atoms with Crippen LogP contribution in [0, 0.1) is 29.1 Å². The second kappa shape index (κ2) is 6.82. The number of benzene rings is 2. The first-order valence-electron chi connectivity index (χ1n) is 6.41. The van der Waals surface area contributed by atoms with Crippen molar-refractivity contribution in [3.05, 3.63) is 52.8 Å². The Labute approximate surface area is 138 Å². The molecule has 0 spiro atoms. The van der Waals surface area contributed by atoms with Crippen molar-refractivity contribution in [2.24, 2.45) is 0 Å². The molecule has 0 unspecified atom stereocenters. The molecule has 0 heterocycles. The van der Waals surface area contributed by atoms with Gasteiger partial charge in [-0.25, -0.2) is 34.8 Å². The predicted octanol–water partition coefficient (Wildman–Crippen LogP) is 3.66. The molecule has 0 amide bonds. The summed E-state index contributed by atoms with van der Waals surface area (Å²) >= 11 is 0. The summed E-state index contributed by atoms with van der Waals surface area (Å²) in [4.78, 5) is -1.75. The van der Waals surface area contributed by atoms with E-state index in [0.717, 1.165) is 19.2 Å². The Morgan fingerprint density at radius 2 is 1.60 bits per heavy atom. The van der Waals surface area contributed by atoms with Crippen molar-refractivity contribution in [1.82, 2.24) is 0 Å². The molecule has 0 saturated heterocycles. The van der Waals surface area contributed by atoms with Gasteiger partial charge in [-0.05, 0) is 12.1 Å². The van der Waals surface area contributed by atoms with Gasteiger partial charge in [-0.1, -0.05) is 0 Å². The number of hydrogen-bond donors (Lipinski definition) is 1. The largest absolute Gasteiger partial charge is 0.494 e. The van der Waals surface area contributed by atoms with Gasteiger partial charge in [0.05, 0.1) is 12.8 Å². The summed E-state index contributed by atoms with van der Waals surface area (Å²) in [5.74, 6) is -10.5. The van der Waals surface area contributed by atoms with Crippen molar-refractivity contribution in [3.8, 4) is 5.75 Å². The number of halogens is 6. The fourth-order valence-electron chi connectivity index (χ4n) is 1.99. The molecule has 2 aromatic rings. The molecule has 136 valence electrons. The average molecular weight is 385 g/mol. The highest BCUT2D eigenvalue weighted by atomic mass is 32.2. The van der Waals surface area contributed by atoms with Crippen molar-refractivity contribution in [2.75, 3.05) is 11.8 Å². The molecule has 0 bridgehead atoms. The summed E-state index contributed by atoms with van der Waals surface area (Å²) in [6.45, 7) is -1.92. The van der Waals surface area contributed by atoms with Crippen LogP contribution < -0.4 is 9.46 Å². The lowest BCUT2D eigenvalue weighted by molar-refractivity contribution is 0.371. The number of nitrogens with one attached hydrogen (secondary N) is 1. The quantitative estimate of drug-likeness (QED) is 0.486. The van der Waals surface area contributed by atoms with Crippen molar-refractivity contribution >= 4 is 15.7 Å². The van der Waals surface area contributed by atoms with Crippen LogP contribution in [0.1, 0.15) is 5.56 Å². The number of methoxy groups -OCH3 is 1. The third-order valence-corrected chi connectivity index (χ3v) is 4.59. The Hall–Kier alpha value is -2.43. The molecule has 0 fully saturated rings. The average Bonchev–Trinajstić information content (AvgIpc) is 2.55. The molecular weight excluding hydrogens is 376 g/mol. The van der Waals surface area contributed by atoms with Gasteiger partial charge < -0.3 is 4.74 Å². The van der Waals surface area contributed by atoms with Gasteiger partial charge in [0.15, 0.2) is 34.8 Å². The molecule has 2 aromatic carbocycles. The number of sulfonamides is 1. The van der Waals surface area contributed by atoms with Crippen LogP contribution >= 0.6 is 0 Å². The minimum Gasteiger partial charge on any atom is -0.494 e. The fraction of sp³-hybridized carbons (Fsp3) is 0.143. The zero-order chi connectivity index (χ0) is 18.9. The van der Waals surface area contributed by atoms with E-state index >= 15 is 0 Å². The van der Waals surface area contributed by atoms with E-state index in [4.69, 9.17) is 0 Å². The molecule has 25 heavy (non-hydrogen) atoms. The van der Waals surface area contributed by atoms with E-state index in [0.29, 0.717) is 6.07 Å². The minimum atomic E-state index is -5.10. The molecule has 0 aliphatic carbocycles. The van der Waals surface area contributed by atoms with Crippen LogP contribution in [-0.4, -0.2) is 15.5 Å². The molecule has 11 heteroatoms. The SMILES string of the molecule is COc1ccc(NS(=O)(=O)c2c(F)c(F)c(F)c(F)c2CF)cc1F. The van der Waals surface area contributed by atoms with Gasteiger partial charge in [-0.2, -0.15) is 0 Å². The van der Waals surface area contributed by atoms with Crippen molar-refractivity contribution < 1.29 is 39.5 Å². The summed E-state index contributed by atoms with van der Waals surface area (Å²) in [5, 5.41) is 0. The lowest BCUT2D eigenvalue weighted by Crippen LogP contribution is -2.20. The van der Waals surface area contributed by atoms with E-state index in [-0.39, 0.29) is 5.75 Å². The first kappa shape index (κ1) is 18.9. The van der Waals surface area contributed by atoms with Crippen LogP contribution in [0.4, 0.5) is 32.0 Å². The smallest absolute Gasteiger partial charge is 0.265 e. The minimum absolute atomic E-state index is 0.238. The fourth-order valence-corrected chi connectivity index (χ4v) is 3.33. The topological polar surface area (TPSA) is 55.4 Å². The van der Waals surface area contributed by atoms with E-state index in [9.17, 15) is 34.8 Å². The monoisotopic (exact) mass is 385 g/mol. The number of rotatable bonds is 5. The first-order chi connectivity index (χ1) is 11.6. The van der Waals surface area contributed by atoms with Crippen LogP contribution in [0.25, 0.3) is 0 Å². The van der Waals surface area contributed by atoms with Gasteiger partial charge >= 0.3 is 0 Å². The zero-order valence-corrected chi connectivity index (χ0v) is 13.2. The van der Waals surface area contributed by atoms with Crippen LogP contribution in [0.15, 0.2) is 23.1 Å². The maximum Gasteiger partial charge on any atom is 0.265 e. The molecule has 2 rings (SSSR count). The summed E-state index contributed by atoms with van der Waals surface area (Å²) in [6, 6.07) is 2.66. The molecule has 1 N–H and O–H groups in total. The van der Waals surface area contributed by atoms with Crippen LogP contribution in [0.2, 0.25) is 0 Å². The van der Waals surface area contributed by atoms with Crippen LogP contribution in [-0.2, 0) is 16.7 Å². The summed E-state index contributed by atoms with van der Waals surface area (Å²) in [7, 11) is -3.96. The summed E-state index contributed by atoms with van der Waals surface area (Å²) in [6.07, 6.45) is 0. The van der Waals surface area contributed by atoms with Gasteiger partial charge in [0, 0.05) is 11.6 Å². The number of alkyl halides is 1. The van der Waals surface area contributed by atoms with Crippen molar-refractivity contribution in [1.29, 1.82) is 0 Å². The molecule has 0 aliphatic rings. The highest BCUT2D eigenvalue weighted by Crippen LogP contribution is 2.30. The third kappa shape index (κ3) is 3.36. The predicted molar refractivity (Wildman–Crippen MR) is 74.8 cm³/mol. The van der Waals surface area contributed by atoms with Crippen LogP contribution in [0.3, 0.4) is 0 Å². The Bertz CT molecular complexity index is 933. The molecule has 0 radical (unpaired) electrons. The van der Waals surface area contributed by atoms with Gasteiger partial charge in [0.2, 0.25) is 0 Å². The van der Waals surface area contributed by atoms with E-state index in [1.54, 1.807) is 4.72 Å². The second-order valence-corrected chi connectivity index (χ2v) is 6.27. The highest BCUT2D eigenvalue weighted by Gasteiger charge is 2.33. The Balaban J connectivity index is 2.59. The van der Waals surface area contributed by atoms with E-state index in [2.05, 4.69) is 4.74 Å². The number of hydrogen-bond acceptors (Lipinski definition) is 3. The molecule has 0 saturated carbocycles. The van der Waals surface area contributed by atoms with Gasteiger partial charge in [0.1, 0.15) is 11.6 Å². The summed E-state index contributed by atoms with van der Waals surface area (Å²) < 4.78 is 111. The van der Waals surface area contributed by atoms with Crippen molar-refractivity contribution in [2.45, 2.75) is 11.6 Å². The molecular formula is C14H9F6NO3S. The molecule has 0 aliphatic heterocycles.